The summed E-state index contributed by atoms with van der Waals surface area (Å²) in [6.45, 7) is 5.76. The van der Waals surface area contributed by atoms with Gasteiger partial charge in [-0.3, -0.25) is 4.79 Å². The monoisotopic (exact) mass is 309 g/mol. The fourth-order valence-electron chi connectivity index (χ4n) is 2.45. The molecule has 0 aliphatic carbocycles. The molecule has 1 aromatic carbocycles. The molecule has 6 nitrogen and oxygen atoms in total. The molecule has 0 radical (unpaired) electrons. The van der Waals surface area contributed by atoms with E-state index in [0.29, 0.717) is 5.56 Å². The molecule has 1 aliphatic rings. The van der Waals surface area contributed by atoms with E-state index in [9.17, 15) is 15.0 Å². The number of anilines is 1. The molecule has 1 aliphatic heterocycles. The molecule has 2 N–H and O–H groups in total. The highest BCUT2D eigenvalue weighted by Crippen LogP contribution is 2.24. The minimum Gasteiger partial charge on any atom is -0.385 e. The summed E-state index contributed by atoms with van der Waals surface area (Å²) in [6, 6.07) is 7.36. The Balaban J connectivity index is 2.02. The van der Waals surface area contributed by atoms with Crippen LogP contribution in [0.4, 0.5) is 5.69 Å². The number of rotatable bonds is 6. The molecule has 6 heteroatoms. The number of ether oxygens (including phenoxy) is 2. The number of carbonyl (C=O) groups is 1. The smallest absolute Gasteiger partial charge is 0.187 e. The number of hydrogen-bond acceptors (Lipinski definition) is 6. The minimum atomic E-state index is -1.24. The second-order valence-electron chi connectivity index (χ2n) is 5.23. The van der Waals surface area contributed by atoms with Gasteiger partial charge in [0.1, 0.15) is 25.4 Å². The first-order valence-electron chi connectivity index (χ1n) is 7.52. The summed E-state index contributed by atoms with van der Waals surface area (Å²) in [5, 5.41) is 20.4. The fourth-order valence-corrected chi connectivity index (χ4v) is 2.45. The van der Waals surface area contributed by atoms with Crippen molar-refractivity contribution in [2.45, 2.75) is 32.3 Å². The van der Waals surface area contributed by atoms with E-state index in [-0.39, 0.29) is 19.0 Å². The number of aliphatic hydroxyl groups excluding tert-OH is 2. The number of carbonyl (C=O) groups excluding carboxylic acids is 1. The molecule has 22 heavy (non-hydrogen) atoms. The highest BCUT2D eigenvalue weighted by Gasteiger charge is 2.32. The van der Waals surface area contributed by atoms with E-state index in [1.807, 2.05) is 12.1 Å². The Labute approximate surface area is 130 Å². The van der Waals surface area contributed by atoms with Crippen molar-refractivity contribution in [3.05, 3.63) is 29.8 Å². The van der Waals surface area contributed by atoms with Crippen molar-refractivity contribution in [3.63, 3.8) is 0 Å². The molecule has 0 bridgehead atoms. The SMILES string of the molecule is CCN(CC)c1ccc([C@H](O)[C@@H](O)C2OCC(=O)CO2)cc1. The van der Waals surface area contributed by atoms with Crippen molar-refractivity contribution in [1.29, 1.82) is 0 Å². The molecule has 0 unspecified atom stereocenters. The van der Waals surface area contributed by atoms with Gasteiger partial charge >= 0.3 is 0 Å². The molecule has 0 amide bonds. The zero-order valence-electron chi connectivity index (χ0n) is 12.9. The van der Waals surface area contributed by atoms with E-state index in [4.69, 9.17) is 9.47 Å². The van der Waals surface area contributed by atoms with Gasteiger partial charge in [0.05, 0.1) is 0 Å². The molecule has 1 aromatic rings. The van der Waals surface area contributed by atoms with Gasteiger partial charge in [0.2, 0.25) is 0 Å². The fraction of sp³-hybridized carbons (Fsp3) is 0.562. The first kappa shape index (κ1) is 16.9. The Bertz CT molecular complexity index is 476. The predicted octanol–water partition coefficient (Wildman–Crippen LogP) is 0.869. The van der Waals surface area contributed by atoms with Crippen LogP contribution in [-0.4, -0.2) is 54.7 Å². The van der Waals surface area contributed by atoms with Crippen molar-refractivity contribution < 1.29 is 24.5 Å². The number of benzene rings is 1. The Morgan fingerprint density at radius 3 is 2.18 bits per heavy atom. The summed E-state index contributed by atoms with van der Waals surface area (Å²) >= 11 is 0. The Hall–Kier alpha value is -1.47. The molecule has 1 saturated heterocycles. The third-order valence-electron chi connectivity index (χ3n) is 3.78. The number of aliphatic hydroxyl groups is 2. The number of hydrogen-bond donors (Lipinski definition) is 2. The second-order valence-corrected chi connectivity index (χ2v) is 5.23. The molecule has 2 atom stereocenters. The summed E-state index contributed by atoms with van der Waals surface area (Å²) in [7, 11) is 0. The van der Waals surface area contributed by atoms with Gasteiger partial charge in [-0.1, -0.05) is 12.1 Å². The van der Waals surface area contributed by atoms with Gasteiger partial charge in [0.15, 0.2) is 12.1 Å². The summed E-state index contributed by atoms with van der Waals surface area (Å²) in [6.07, 6.45) is -3.37. The molecule has 1 heterocycles. The largest absolute Gasteiger partial charge is 0.385 e. The molecule has 1 fully saturated rings. The number of Topliss-reactive ketones (excluding diaryl/α,β-unsaturated/α-hetero) is 1. The van der Waals surface area contributed by atoms with Gasteiger partial charge in [-0.2, -0.15) is 0 Å². The van der Waals surface area contributed by atoms with Crippen LogP contribution in [0.2, 0.25) is 0 Å². The lowest BCUT2D eigenvalue weighted by molar-refractivity contribution is -0.233. The Morgan fingerprint density at radius 2 is 1.68 bits per heavy atom. The standard InChI is InChI=1S/C16H23NO5/c1-3-17(4-2)12-7-5-11(6-8-12)14(19)15(20)16-21-9-13(18)10-22-16/h5-8,14-16,19-20H,3-4,9-10H2,1-2H3/t14-,15+/m0/s1. The van der Waals surface area contributed by atoms with Crippen LogP contribution < -0.4 is 4.90 Å². The normalized spacial score (nSPS) is 19.0. The van der Waals surface area contributed by atoms with E-state index >= 15 is 0 Å². The van der Waals surface area contributed by atoms with Crippen LogP contribution in [0, 0.1) is 0 Å². The lowest BCUT2D eigenvalue weighted by Gasteiger charge is -2.29. The molecule has 0 aromatic heterocycles. The predicted molar refractivity (Wildman–Crippen MR) is 81.7 cm³/mol. The molecule has 122 valence electrons. The zero-order chi connectivity index (χ0) is 16.1. The van der Waals surface area contributed by atoms with Gasteiger partial charge in [-0.15, -0.1) is 0 Å². The average Bonchev–Trinajstić information content (AvgIpc) is 2.56. The van der Waals surface area contributed by atoms with Gasteiger partial charge in [0, 0.05) is 18.8 Å². The van der Waals surface area contributed by atoms with Crippen molar-refractivity contribution in [2.24, 2.45) is 0 Å². The van der Waals surface area contributed by atoms with Crippen LogP contribution in [0.15, 0.2) is 24.3 Å². The third-order valence-corrected chi connectivity index (χ3v) is 3.78. The maximum absolute atomic E-state index is 11.0. The maximum Gasteiger partial charge on any atom is 0.187 e. The van der Waals surface area contributed by atoms with E-state index in [2.05, 4.69) is 18.7 Å². The number of nitrogens with zero attached hydrogens (tertiary/aromatic N) is 1. The van der Waals surface area contributed by atoms with Crippen LogP contribution in [0.1, 0.15) is 25.5 Å². The van der Waals surface area contributed by atoms with Crippen molar-refractivity contribution >= 4 is 11.5 Å². The maximum atomic E-state index is 11.0. The first-order chi connectivity index (χ1) is 10.6. The zero-order valence-corrected chi connectivity index (χ0v) is 12.9. The average molecular weight is 309 g/mol. The van der Waals surface area contributed by atoms with Crippen LogP contribution in [0.3, 0.4) is 0 Å². The summed E-state index contributed by atoms with van der Waals surface area (Å²) in [5.41, 5.74) is 1.64. The minimum absolute atomic E-state index is 0.102. The van der Waals surface area contributed by atoms with Crippen LogP contribution >= 0.6 is 0 Å². The topological polar surface area (TPSA) is 79.2 Å². The van der Waals surface area contributed by atoms with Crippen molar-refractivity contribution in [3.8, 4) is 0 Å². The van der Waals surface area contributed by atoms with E-state index in [1.165, 1.54) is 0 Å². The van der Waals surface area contributed by atoms with Gasteiger partial charge < -0.3 is 24.6 Å². The molecule has 0 spiro atoms. The van der Waals surface area contributed by atoms with Gasteiger partial charge in [-0.25, -0.2) is 0 Å². The molecular weight excluding hydrogens is 286 g/mol. The van der Waals surface area contributed by atoms with Crippen molar-refractivity contribution in [1.82, 2.24) is 0 Å². The third kappa shape index (κ3) is 3.84. The molecule has 2 rings (SSSR count). The van der Waals surface area contributed by atoms with Gasteiger partial charge in [0.25, 0.3) is 0 Å². The van der Waals surface area contributed by atoms with E-state index < -0.39 is 18.5 Å². The highest BCUT2D eigenvalue weighted by atomic mass is 16.7. The quantitative estimate of drug-likeness (QED) is 0.812. The molecular formula is C16H23NO5. The highest BCUT2D eigenvalue weighted by molar-refractivity contribution is 5.81. The van der Waals surface area contributed by atoms with Crippen LogP contribution in [0.25, 0.3) is 0 Å². The summed E-state index contributed by atoms with van der Waals surface area (Å²) in [5.74, 6) is -0.179. The molecule has 0 saturated carbocycles. The first-order valence-corrected chi connectivity index (χ1v) is 7.52. The van der Waals surface area contributed by atoms with Crippen molar-refractivity contribution in [2.75, 3.05) is 31.2 Å². The second kappa shape index (κ2) is 7.69. The Kier molecular flexibility index (Phi) is 5.90. The van der Waals surface area contributed by atoms with Gasteiger partial charge in [-0.05, 0) is 31.5 Å². The van der Waals surface area contributed by atoms with Crippen LogP contribution in [-0.2, 0) is 14.3 Å². The number of ketones is 1. The van der Waals surface area contributed by atoms with Crippen LogP contribution in [0.5, 0.6) is 0 Å². The lowest BCUT2D eigenvalue weighted by Crippen LogP contribution is -2.42. The van der Waals surface area contributed by atoms with E-state index in [0.717, 1.165) is 18.8 Å². The van der Waals surface area contributed by atoms with E-state index in [1.54, 1.807) is 12.1 Å². The lowest BCUT2D eigenvalue weighted by atomic mass is 10.0. The summed E-state index contributed by atoms with van der Waals surface area (Å²) in [4.78, 5) is 13.2. The Morgan fingerprint density at radius 1 is 1.14 bits per heavy atom. The summed E-state index contributed by atoms with van der Waals surface area (Å²) < 4.78 is 10.2.